The average molecular weight is 188 g/mol. The third-order valence-electron chi connectivity index (χ3n) is 1.31. The highest BCUT2D eigenvalue weighted by Gasteiger charge is 2.06. The van der Waals surface area contributed by atoms with Gasteiger partial charge in [-0.05, 0) is 19.1 Å². The molecular formula is C8H10ClNO2. The quantitative estimate of drug-likeness (QED) is 0.449. The zero-order valence-electron chi connectivity index (χ0n) is 6.76. The fraction of sp³-hybridized carbons (Fsp3) is 0.375. The van der Waals surface area contributed by atoms with E-state index in [1.54, 1.807) is 12.1 Å². The van der Waals surface area contributed by atoms with Gasteiger partial charge in [0.1, 0.15) is 5.76 Å². The summed E-state index contributed by atoms with van der Waals surface area (Å²) in [4.78, 5) is 0. The summed E-state index contributed by atoms with van der Waals surface area (Å²) < 4.78 is 10.1. The van der Waals surface area contributed by atoms with Gasteiger partial charge in [0.05, 0.1) is 12.5 Å². The van der Waals surface area contributed by atoms with Crippen LogP contribution >= 0.6 is 11.6 Å². The first-order chi connectivity index (χ1) is 5.77. The fourth-order valence-electron chi connectivity index (χ4n) is 0.787. The normalized spacial score (nSPS) is 9.83. The van der Waals surface area contributed by atoms with Crippen molar-refractivity contribution in [2.75, 3.05) is 6.61 Å². The van der Waals surface area contributed by atoms with Gasteiger partial charge >= 0.3 is 0 Å². The number of rotatable bonds is 3. The largest absolute Gasteiger partial charge is 0.476 e. The summed E-state index contributed by atoms with van der Waals surface area (Å²) in [6, 6.07) is 3.41. The molecule has 1 aromatic heterocycles. The molecular weight excluding hydrogens is 178 g/mol. The van der Waals surface area contributed by atoms with Crippen LogP contribution in [0.4, 0.5) is 0 Å². The van der Waals surface area contributed by atoms with E-state index in [-0.39, 0.29) is 5.90 Å². The summed E-state index contributed by atoms with van der Waals surface area (Å²) in [7, 11) is 0. The minimum absolute atomic E-state index is 0.0499. The molecule has 0 radical (unpaired) electrons. The monoisotopic (exact) mass is 187 g/mol. The molecule has 0 aliphatic heterocycles. The van der Waals surface area contributed by atoms with Gasteiger partial charge in [-0.25, -0.2) is 0 Å². The Labute approximate surface area is 75.8 Å². The van der Waals surface area contributed by atoms with E-state index in [9.17, 15) is 0 Å². The van der Waals surface area contributed by atoms with Crippen LogP contribution in [0.3, 0.4) is 0 Å². The molecule has 4 heteroatoms. The molecule has 0 aromatic carbocycles. The van der Waals surface area contributed by atoms with E-state index in [1.807, 2.05) is 6.92 Å². The molecule has 1 N–H and O–H groups in total. The summed E-state index contributed by atoms with van der Waals surface area (Å²) >= 11 is 5.52. The summed E-state index contributed by atoms with van der Waals surface area (Å²) in [6.45, 7) is 2.29. The second-order valence-corrected chi connectivity index (χ2v) is 2.43. The van der Waals surface area contributed by atoms with Crippen LogP contribution in [0.25, 0.3) is 0 Å². The predicted octanol–water partition coefficient (Wildman–Crippen LogP) is 2.38. The van der Waals surface area contributed by atoms with Gasteiger partial charge in [-0.15, -0.1) is 11.6 Å². The molecule has 1 aromatic rings. The highest BCUT2D eigenvalue weighted by Crippen LogP contribution is 2.10. The van der Waals surface area contributed by atoms with Crippen molar-refractivity contribution in [3.05, 3.63) is 23.7 Å². The van der Waals surface area contributed by atoms with Crippen LogP contribution in [-0.4, -0.2) is 12.5 Å². The van der Waals surface area contributed by atoms with E-state index >= 15 is 0 Å². The van der Waals surface area contributed by atoms with Crippen LogP contribution in [0, 0.1) is 5.41 Å². The Morgan fingerprint density at radius 3 is 2.92 bits per heavy atom. The van der Waals surface area contributed by atoms with Crippen molar-refractivity contribution in [2.24, 2.45) is 0 Å². The van der Waals surface area contributed by atoms with Crippen molar-refractivity contribution in [3.8, 4) is 0 Å². The molecule has 0 unspecified atom stereocenters. The molecule has 0 spiro atoms. The molecule has 0 bridgehead atoms. The van der Waals surface area contributed by atoms with Crippen molar-refractivity contribution < 1.29 is 9.15 Å². The molecule has 0 saturated heterocycles. The molecule has 0 atom stereocenters. The molecule has 0 saturated carbocycles. The molecule has 0 fully saturated rings. The Hall–Kier alpha value is -0.960. The van der Waals surface area contributed by atoms with Crippen LogP contribution in [-0.2, 0) is 10.6 Å². The molecule has 3 nitrogen and oxygen atoms in total. The number of nitrogens with one attached hydrogen (secondary N) is 1. The van der Waals surface area contributed by atoms with Crippen LogP contribution in [0.2, 0.25) is 0 Å². The summed E-state index contributed by atoms with van der Waals surface area (Å²) in [5.74, 6) is 1.44. The maximum Gasteiger partial charge on any atom is 0.250 e. The maximum atomic E-state index is 7.36. The van der Waals surface area contributed by atoms with Crippen LogP contribution < -0.4 is 0 Å². The van der Waals surface area contributed by atoms with E-state index in [0.29, 0.717) is 24.0 Å². The first-order valence-electron chi connectivity index (χ1n) is 3.64. The SMILES string of the molecule is CCOC(=N)c1ccc(CCl)o1. The predicted molar refractivity (Wildman–Crippen MR) is 46.7 cm³/mol. The van der Waals surface area contributed by atoms with E-state index in [4.69, 9.17) is 26.2 Å². The summed E-state index contributed by atoms with van der Waals surface area (Å²) in [5, 5.41) is 7.36. The Morgan fingerprint density at radius 1 is 1.67 bits per heavy atom. The topological polar surface area (TPSA) is 46.2 Å². The average Bonchev–Trinajstić information content (AvgIpc) is 2.52. The number of hydrogen-bond donors (Lipinski definition) is 1. The smallest absolute Gasteiger partial charge is 0.250 e. The zero-order valence-corrected chi connectivity index (χ0v) is 7.52. The van der Waals surface area contributed by atoms with Gasteiger partial charge in [0, 0.05) is 0 Å². The molecule has 1 heterocycles. The van der Waals surface area contributed by atoms with Crippen LogP contribution in [0.1, 0.15) is 18.4 Å². The van der Waals surface area contributed by atoms with Crippen molar-refractivity contribution in [1.29, 1.82) is 5.41 Å². The van der Waals surface area contributed by atoms with Crippen molar-refractivity contribution in [1.82, 2.24) is 0 Å². The third-order valence-corrected chi connectivity index (χ3v) is 1.57. The van der Waals surface area contributed by atoms with Crippen molar-refractivity contribution >= 4 is 17.5 Å². The molecule has 12 heavy (non-hydrogen) atoms. The highest BCUT2D eigenvalue weighted by atomic mass is 35.5. The lowest BCUT2D eigenvalue weighted by Gasteiger charge is -1.99. The highest BCUT2D eigenvalue weighted by molar-refractivity contribution is 6.16. The van der Waals surface area contributed by atoms with E-state index in [1.165, 1.54) is 0 Å². The minimum Gasteiger partial charge on any atom is -0.476 e. The molecule has 0 amide bonds. The van der Waals surface area contributed by atoms with Gasteiger partial charge in [0.2, 0.25) is 5.90 Å². The van der Waals surface area contributed by atoms with E-state index in [0.717, 1.165) is 0 Å². The number of ether oxygens (including phenoxy) is 1. The fourth-order valence-corrected chi connectivity index (χ4v) is 0.931. The van der Waals surface area contributed by atoms with E-state index < -0.39 is 0 Å². The lowest BCUT2D eigenvalue weighted by atomic mass is 10.4. The summed E-state index contributed by atoms with van der Waals surface area (Å²) in [6.07, 6.45) is 0. The lowest BCUT2D eigenvalue weighted by Crippen LogP contribution is -2.02. The minimum atomic E-state index is 0.0499. The van der Waals surface area contributed by atoms with Gasteiger partial charge in [-0.3, -0.25) is 5.41 Å². The number of alkyl halides is 1. The lowest BCUT2D eigenvalue weighted by molar-refractivity contribution is 0.314. The Kier molecular flexibility index (Phi) is 3.17. The standard InChI is InChI=1S/C8H10ClNO2/c1-2-11-8(10)7-4-3-6(5-9)12-7/h3-4,10H,2,5H2,1H3. The number of furan rings is 1. The Bertz CT molecular complexity index is 270. The second kappa shape index (κ2) is 4.16. The van der Waals surface area contributed by atoms with Crippen LogP contribution in [0.5, 0.6) is 0 Å². The van der Waals surface area contributed by atoms with Gasteiger partial charge in [-0.2, -0.15) is 0 Å². The third kappa shape index (κ3) is 2.01. The first-order valence-corrected chi connectivity index (χ1v) is 4.17. The van der Waals surface area contributed by atoms with Gasteiger partial charge in [0.25, 0.3) is 0 Å². The molecule has 66 valence electrons. The van der Waals surface area contributed by atoms with Crippen LogP contribution in [0.15, 0.2) is 16.5 Å². The van der Waals surface area contributed by atoms with Gasteiger partial charge in [-0.1, -0.05) is 0 Å². The number of halogens is 1. The first kappa shape index (κ1) is 9.13. The van der Waals surface area contributed by atoms with Gasteiger partial charge < -0.3 is 9.15 Å². The Balaban J connectivity index is 2.68. The summed E-state index contributed by atoms with van der Waals surface area (Å²) in [5.41, 5.74) is 0. The van der Waals surface area contributed by atoms with Crippen molar-refractivity contribution in [2.45, 2.75) is 12.8 Å². The van der Waals surface area contributed by atoms with E-state index in [2.05, 4.69) is 0 Å². The maximum absolute atomic E-state index is 7.36. The molecule has 0 aliphatic rings. The van der Waals surface area contributed by atoms with Crippen molar-refractivity contribution in [3.63, 3.8) is 0 Å². The Morgan fingerprint density at radius 2 is 2.42 bits per heavy atom. The zero-order chi connectivity index (χ0) is 8.97. The van der Waals surface area contributed by atoms with Gasteiger partial charge in [0.15, 0.2) is 5.76 Å². The molecule has 1 rings (SSSR count). The molecule has 0 aliphatic carbocycles. The second-order valence-electron chi connectivity index (χ2n) is 2.16. The number of hydrogen-bond acceptors (Lipinski definition) is 3.